The fourth-order valence-electron chi connectivity index (χ4n) is 1.98. The van der Waals surface area contributed by atoms with Gasteiger partial charge in [0.15, 0.2) is 0 Å². The van der Waals surface area contributed by atoms with Crippen molar-refractivity contribution in [1.29, 1.82) is 0 Å². The Kier molecular flexibility index (Phi) is 4.94. The number of methoxy groups -OCH3 is 1. The molecule has 1 N–H and O–H groups in total. The predicted molar refractivity (Wildman–Crippen MR) is 88.6 cm³/mol. The van der Waals surface area contributed by atoms with Crippen LogP contribution in [0.2, 0.25) is 0 Å². The highest BCUT2D eigenvalue weighted by Crippen LogP contribution is 2.12. The maximum atomic E-state index is 12.1. The van der Waals surface area contributed by atoms with Crippen LogP contribution in [0.1, 0.15) is 34.0 Å². The Hall–Kier alpha value is -2.62. The third-order valence-corrected chi connectivity index (χ3v) is 3.60. The predicted octanol–water partition coefficient (Wildman–Crippen LogP) is 3.47. The molecule has 0 aliphatic rings. The van der Waals surface area contributed by atoms with E-state index in [0.29, 0.717) is 5.56 Å². The number of hydrazone groups is 1. The minimum absolute atomic E-state index is 0.212. The normalized spacial score (nSPS) is 11.2. The first-order chi connectivity index (χ1) is 10.5. The lowest BCUT2D eigenvalue weighted by atomic mass is 10.1. The lowest BCUT2D eigenvalue weighted by Gasteiger charge is -2.06. The molecule has 114 valence electrons. The molecule has 0 atom stereocenters. The molecule has 1 amide bonds. The van der Waals surface area contributed by atoms with Crippen LogP contribution in [0.4, 0.5) is 0 Å². The summed E-state index contributed by atoms with van der Waals surface area (Å²) in [7, 11) is 1.62. The van der Waals surface area contributed by atoms with Crippen LogP contribution >= 0.6 is 0 Å². The minimum Gasteiger partial charge on any atom is -0.497 e. The van der Waals surface area contributed by atoms with E-state index in [1.165, 1.54) is 0 Å². The molecule has 0 bridgehead atoms. The van der Waals surface area contributed by atoms with Gasteiger partial charge in [-0.25, -0.2) is 5.43 Å². The highest BCUT2D eigenvalue weighted by atomic mass is 16.5. The van der Waals surface area contributed by atoms with Crippen molar-refractivity contribution in [1.82, 2.24) is 5.43 Å². The van der Waals surface area contributed by atoms with Crippen molar-refractivity contribution < 1.29 is 9.53 Å². The molecule has 2 aromatic carbocycles. The Morgan fingerprint density at radius 2 is 1.64 bits per heavy atom. The van der Waals surface area contributed by atoms with E-state index in [-0.39, 0.29) is 5.91 Å². The maximum Gasteiger partial charge on any atom is 0.271 e. The first-order valence-corrected chi connectivity index (χ1v) is 7.07. The van der Waals surface area contributed by atoms with Crippen molar-refractivity contribution in [2.45, 2.75) is 20.8 Å². The van der Waals surface area contributed by atoms with Crippen LogP contribution < -0.4 is 10.2 Å². The number of carbonyl (C=O) groups is 1. The summed E-state index contributed by atoms with van der Waals surface area (Å²) in [4.78, 5) is 12.1. The van der Waals surface area contributed by atoms with Gasteiger partial charge in [-0.1, -0.05) is 6.07 Å². The second-order valence-electron chi connectivity index (χ2n) is 5.17. The first-order valence-electron chi connectivity index (χ1n) is 7.07. The summed E-state index contributed by atoms with van der Waals surface area (Å²) in [6.07, 6.45) is 0. The van der Waals surface area contributed by atoms with E-state index in [9.17, 15) is 4.79 Å². The molecule has 2 aromatic rings. The standard InChI is InChI=1S/C18H20N2O2/c1-12-5-6-16(11-13(12)2)18(21)20-19-14(3)15-7-9-17(22-4)10-8-15/h5-11H,1-4H3,(H,20,21). The lowest BCUT2D eigenvalue weighted by molar-refractivity contribution is 0.0954. The summed E-state index contributed by atoms with van der Waals surface area (Å²) in [5.74, 6) is 0.576. The number of hydrogen-bond acceptors (Lipinski definition) is 3. The van der Waals surface area contributed by atoms with Gasteiger partial charge in [-0.2, -0.15) is 5.10 Å². The molecule has 0 aromatic heterocycles. The molecule has 0 heterocycles. The average molecular weight is 296 g/mol. The monoisotopic (exact) mass is 296 g/mol. The third kappa shape index (κ3) is 3.73. The fraction of sp³-hybridized carbons (Fsp3) is 0.222. The molecule has 0 aliphatic heterocycles. The van der Waals surface area contributed by atoms with Gasteiger partial charge in [0.05, 0.1) is 12.8 Å². The molecule has 4 heteroatoms. The van der Waals surface area contributed by atoms with Crippen LogP contribution in [0.3, 0.4) is 0 Å². The van der Waals surface area contributed by atoms with Crippen LogP contribution in [0.25, 0.3) is 0 Å². The van der Waals surface area contributed by atoms with Crippen molar-refractivity contribution in [2.24, 2.45) is 5.10 Å². The van der Waals surface area contributed by atoms with E-state index < -0.39 is 0 Å². The van der Waals surface area contributed by atoms with Gasteiger partial charge >= 0.3 is 0 Å². The highest BCUT2D eigenvalue weighted by molar-refractivity contribution is 6.01. The van der Waals surface area contributed by atoms with Gasteiger partial charge in [0.2, 0.25) is 0 Å². The van der Waals surface area contributed by atoms with E-state index >= 15 is 0 Å². The molecular formula is C18H20N2O2. The minimum atomic E-state index is -0.212. The van der Waals surface area contributed by atoms with Crippen molar-refractivity contribution in [2.75, 3.05) is 7.11 Å². The van der Waals surface area contributed by atoms with E-state index in [0.717, 1.165) is 28.2 Å². The molecule has 4 nitrogen and oxygen atoms in total. The van der Waals surface area contributed by atoms with Gasteiger partial charge < -0.3 is 4.74 Å². The van der Waals surface area contributed by atoms with E-state index in [2.05, 4.69) is 10.5 Å². The van der Waals surface area contributed by atoms with Crippen LogP contribution in [0.5, 0.6) is 5.75 Å². The molecule has 0 saturated heterocycles. The molecule has 0 fully saturated rings. The van der Waals surface area contributed by atoms with E-state index in [4.69, 9.17) is 4.74 Å². The fourth-order valence-corrected chi connectivity index (χ4v) is 1.98. The number of carbonyl (C=O) groups excluding carboxylic acids is 1. The van der Waals surface area contributed by atoms with Gasteiger partial charge in [-0.05, 0) is 73.9 Å². The molecule has 0 radical (unpaired) electrons. The smallest absolute Gasteiger partial charge is 0.271 e. The zero-order valence-corrected chi connectivity index (χ0v) is 13.3. The SMILES string of the molecule is COc1ccc(C(C)=NNC(=O)c2ccc(C)c(C)c2)cc1. The van der Waals surface area contributed by atoms with E-state index in [1.807, 2.05) is 57.2 Å². The molecule has 0 spiro atoms. The zero-order chi connectivity index (χ0) is 16.1. The topological polar surface area (TPSA) is 50.7 Å². The van der Waals surface area contributed by atoms with Crippen LogP contribution in [0, 0.1) is 13.8 Å². The second-order valence-corrected chi connectivity index (χ2v) is 5.17. The lowest BCUT2D eigenvalue weighted by Crippen LogP contribution is -2.19. The largest absolute Gasteiger partial charge is 0.497 e. The highest BCUT2D eigenvalue weighted by Gasteiger charge is 2.06. The van der Waals surface area contributed by atoms with E-state index in [1.54, 1.807) is 13.2 Å². The Labute approximate surface area is 130 Å². The van der Waals surface area contributed by atoms with Gasteiger partial charge in [-0.15, -0.1) is 0 Å². The number of hydrogen-bond donors (Lipinski definition) is 1. The van der Waals surface area contributed by atoms with Gasteiger partial charge in [0.1, 0.15) is 5.75 Å². The van der Waals surface area contributed by atoms with Crippen molar-refractivity contribution >= 4 is 11.6 Å². The number of aryl methyl sites for hydroxylation is 2. The van der Waals surface area contributed by atoms with Crippen molar-refractivity contribution in [3.63, 3.8) is 0 Å². The molecular weight excluding hydrogens is 276 g/mol. The van der Waals surface area contributed by atoms with Crippen molar-refractivity contribution in [3.05, 3.63) is 64.7 Å². The summed E-state index contributed by atoms with van der Waals surface area (Å²) in [6.45, 7) is 5.85. The quantitative estimate of drug-likeness (QED) is 0.694. The Bertz CT molecular complexity index is 704. The molecule has 0 unspecified atom stereocenters. The number of ether oxygens (including phenoxy) is 1. The van der Waals surface area contributed by atoms with Crippen LogP contribution in [-0.4, -0.2) is 18.7 Å². The second kappa shape index (κ2) is 6.89. The number of nitrogens with zero attached hydrogens (tertiary/aromatic N) is 1. The average Bonchev–Trinajstić information content (AvgIpc) is 2.54. The number of rotatable bonds is 4. The summed E-state index contributed by atoms with van der Waals surface area (Å²) in [5.41, 5.74) is 7.11. The van der Waals surface area contributed by atoms with Gasteiger partial charge in [-0.3, -0.25) is 4.79 Å². The summed E-state index contributed by atoms with van der Waals surface area (Å²) >= 11 is 0. The molecule has 0 saturated carbocycles. The van der Waals surface area contributed by atoms with Crippen molar-refractivity contribution in [3.8, 4) is 5.75 Å². The van der Waals surface area contributed by atoms with Crippen LogP contribution in [0.15, 0.2) is 47.6 Å². The number of benzene rings is 2. The molecule has 0 aliphatic carbocycles. The summed E-state index contributed by atoms with van der Waals surface area (Å²) < 4.78 is 5.12. The maximum absolute atomic E-state index is 12.1. The number of amides is 1. The first kappa shape index (κ1) is 15.8. The van der Waals surface area contributed by atoms with Gasteiger partial charge in [0.25, 0.3) is 5.91 Å². The molecule has 22 heavy (non-hydrogen) atoms. The number of nitrogens with one attached hydrogen (secondary N) is 1. The zero-order valence-electron chi connectivity index (χ0n) is 13.3. The summed E-state index contributed by atoms with van der Waals surface area (Å²) in [5, 5.41) is 4.15. The Morgan fingerprint density at radius 3 is 2.23 bits per heavy atom. The molecule has 2 rings (SSSR count). The van der Waals surface area contributed by atoms with Crippen LogP contribution in [-0.2, 0) is 0 Å². The summed E-state index contributed by atoms with van der Waals surface area (Å²) in [6, 6.07) is 13.1. The Morgan fingerprint density at radius 1 is 1.00 bits per heavy atom. The Balaban J connectivity index is 2.08. The van der Waals surface area contributed by atoms with Gasteiger partial charge in [0, 0.05) is 5.56 Å². The third-order valence-electron chi connectivity index (χ3n) is 3.60.